The Kier molecular flexibility index (Phi) is 4.14. The summed E-state index contributed by atoms with van der Waals surface area (Å²) in [5.41, 5.74) is 1.21. The first-order valence-corrected chi connectivity index (χ1v) is 6.30. The maximum absolute atomic E-state index is 12.0. The number of nitro benzene ring substituents is 1. The highest BCUT2D eigenvalue weighted by Gasteiger charge is 2.16. The molecule has 0 radical (unpaired) electrons. The molecule has 6 nitrogen and oxygen atoms in total. The van der Waals surface area contributed by atoms with Crippen LogP contribution in [0.2, 0.25) is 0 Å². The van der Waals surface area contributed by atoms with Crippen molar-refractivity contribution in [3.8, 4) is 0 Å². The minimum atomic E-state index is -0.441. The smallest absolute Gasteiger partial charge is 0.269 e. The summed E-state index contributed by atoms with van der Waals surface area (Å²) in [5, 5.41) is 13.6. The lowest BCUT2D eigenvalue weighted by molar-refractivity contribution is -0.384. The number of nitrogens with one attached hydrogen (secondary N) is 2. The highest BCUT2D eigenvalue weighted by Crippen LogP contribution is 2.21. The van der Waals surface area contributed by atoms with Crippen LogP contribution >= 0.6 is 0 Å². The SMILES string of the molecule is CC[C@H](NC(=O)c1ccc[nH]1)c1cccc([N+](=O)[O-])c1. The van der Waals surface area contributed by atoms with E-state index >= 15 is 0 Å². The van der Waals surface area contributed by atoms with E-state index in [0.29, 0.717) is 12.1 Å². The van der Waals surface area contributed by atoms with Gasteiger partial charge in [-0.1, -0.05) is 19.1 Å². The molecule has 6 heteroatoms. The van der Waals surface area contributed by atoms with Crippen LogP contribution in [-0.2, 0) is 0 Å². The lowest BCUT2D eigenvalue weighted by atomic mass is 10.0. The summed E-state index contributed by atoms with van der Waals surface area (Å²) in [5.74, 6) is -0.228. The number of amides is 1. The predicted octanol–water partition coefficient (Wildman–Crippen LogP) is 2.80. The lowest BCUT2D eigenvalue weighted by Crippen LogP contribution is -2.28. The van der Waals surface area contributed by atoms with E-state index in [1.54, 1.807) is 30.5 Å². The van der Waals surface area contributed by atoms with Gasteiger partial charge in [0.2, 0.25) is 0 Å². The monoisotopic (exact) mass is 273 g/mol. The largest absolute Gasteiger partial charge is 0.357 e. The van der Waals surface area contributed by atoms with Crippen LogP contribution in [0.5, 0.6) is 0 Å². The molecule has 0 spiro atoms. The number of non-ortho nitro benzene ring substituents is 1. The molecule has 2 aromatic rings. The highest BCUT2D eigenvalue weighted by molar-refractivity contribution is 5.92. The molecule has 20 heavy (non-hydrogen) atoms. The second-order valence-electron chi connectivity index (χ2n) is 4.37. The van der Waals surface area contributed by atoms with Gasteiger partial charge in [-0.15, -0.1) is 0 Å². The Labute approximate surface area is 116 Å². The zero-order chi connectivity index (χ0) is 14.5. The number of nitrogens with zero attached hydrogens (tertiary/aromatic N) is 1. The summed E-state index contributed by atoms with van der Waals surface area (Å²) in [6.07, 6.45) is 2.32. The molecule has 0 aliphatic rings. The Hall–Kier alpha value is -2.63. The number of carbonyl (C=O) groups is 1. The van der Waals surface area contributed by atoms with Crippen LogP contribution in [0, 0.1) is 10.1 Å². The van der Waals surface area contributed by atoms with Gasteiger partial charge in [0.25, 0.3) is 11.6 Å². The van der Waals surface area contributed by atoms with Crippen molar-refractivity contribution in [3.05, 3.63) is 64.0 Å². The Morgan fingerprint density at radius 3 is 2.80 bits per heavy atom. The molecule has 0 unspecified atom stereocenters. The molecule has 0 saturated heterocycles. The number of benzene rings is 1. The quantitative estimate of drug-likeness (QED) is 0.648. The fourth-order valence-electron chi connectivity index (χ4n) is 1.98. The molecule has 2 rings (SSSR count). The van der Waals surface area contributed by atoms with Crippen LogP contribution < -0.4 is 5.32 Å². The maximum atomic E-state index is 12.0. The highest BCUT2D eigenvalue weighted by atomic mass is 16.6. The molecular weight excluding hydrogens is 258 g/mol. The van der Waals surface area contributed by atoms with Gasteiger partial charge < -0.3 is 10.3 Å². The summed E-state index contributed by atoms with van der Waals surface area (Å²) >= 11 is 0. The van der Waals surface area contributed by atoms with Gasteiger partial charge >= 0.3 is 0 Å². The molecule has 0 bridgehead atoms. The number of hydrogen-bond acceptors (Lipinski definition) is 3. The van der Waals surface area contributed by atoms with Gasteiger partial charge in [-0.05, 0) is 24.1 Å². The number of H-pyrrole nitrogens is 1. The molecule has 1 aromatic carbocycles. The average Bonchev–Trinajstić information content (AvgIpc) is 2.99. The molecule has 0 aliphatic heterocycles. The van der Waals surface area contributed by atoms with Gasteiger partial charge in [-0.3, -0.25) is 14.9 Å². The van der Waals surface area contributed by atoms with E-state index < -0.39 is 4.92 Å². The van der Waals surface area contributed by atoms with Gasteiger partial charge in [0.05, 0.1) is 11.0 Å². The van der Waals surface area contributed by atoms with E-state index in [1.165, 1.54) is 12.1 Å². The van der Waals surface area contributed by atoms with Crippen molar-refractivity contribution in [2.45, 2.75) is 19.4 Å². The zero-order valence-electron chi connectivity index (χ0n) is 11.0. The number of nitro groups is 1. The minimum absolute atomic E-state index is 0.0232. The summed E-state index contributed by atoms with van der Waals surface area (Å²) < 4.78 is 0. The molecule has 0 fully saturated rings. The first-order valence-electron chi connectivity index (χ1n) is 6.30. The molecular formula is C14H15N3O3. The second-order valence-corrected chi connectivity index (χ2v) is 4.37. The minimum Gasteiger partial charge on any atom is -0.357 e. The van der Waals surface area contributed by atoms with Gasteiger partial charge in [0.1, 0.15) is 5.69 Å². The van der Waals surface area contributed by atoms with E-state index in [1.807, 2.05) is 6.92 Å². The average molecular weight is 273 g/mol. The molecule has 2 N–H and O–H groups in total. The van der Waals surface area contributed by atoms with Crippen molar-refractivity contribution in [1.82, 2.24) is 10.3 Å². The van der Waals surface area contributed by atoms with Crippen molar-refractivity contribution in [3.63, 3.8) is 0 Å². The van der Waals surface area contributed by atoms with E-state index in [0.717, 1.165) is 5.56 Å². The summed E-state index contributed by atoms with van der Waals surface area (Å²) in [6.45, 7) is 1.92. The first-order chi connectivity index (χ1) is 9.61. The van der Waals surface area contributed by atoms with E-state index in [-0.39, 0.29) is 17.6 Å². The molecule has 1 heterocycles. The van der Waals surface area contributed by atoms with Gasteiger partial charge in [0, 0.05) is 18.3 Å². The molecule has 1 aromatic heterocycles. The first kappa shape index (κ1) is 13.8. The normalized spacial score (nSPS) is 11.8. The van der Waals surface area contributed by atoms with Crippen LogP contribution in [-0.4, -0.2) is 15.8 Å². The van der Waals surface area contributed by atoms with Crippen LogP contribution in [0.1, 0.15) is 35.4 Å². The number of aromatic nitrogens is 1. The number of aromatic amines is 1. The zero-order valence-corrected chi connectivity index (χ0v) is 11.0. The predicted molar refractivity (Wildman–Crippen MR) is 74.4 cm³/mol. The van der Waals surface area contributed by atoms with E-state index in [9.17, 15) is 14.9 Å². The van der Waals surface area contributed by atoms with Gasteiger partial charge in [-0.25, -0.2) is 0 Å². The Morgan fingerprint density at radius 1 is 1.40 bits per heavy atom. The van der Waals surface area contributed by atoms with Gasteiger partial charge in [0.15, 0.2) is 0 Å². The van der Waals surface area contributed by atoms with Crippen molar-refractivity contribution < 1.29 is 9.72 Å². The fourth-order valence-corrected chi connectivity index (χ4v) is 1.98. The summed E-state index contributed by atoms with van der Waals surface area (Å²) in [4.78, 5) is 25.2. The summed E-state index contributed by atoms with van der Waals surface area (Å²) in [7, 11) is 0. The standard InChI is InChI=1S/C14H15N3O3/c1-2-12(16-14(18)13-7-4-8-15-13)10-5-3-6-11(9-10)17(19)20/h3-9,12,15H,2H2,1H3,(H,16,18)/t12-/m0/s1. The molecule has 1 atom stereocenters. The number of carbonyl (C=O) groups excluding carboxylic acids is 1. The van der Waals surface area contributed by atoms with Crippen LogP contribution in [0.25, 0.3) is 0 Å². The van der Waals surface area contributed by atoms with E-state index in [4.69, 9.17) is 0 Å². The van der Waals surface area contributed by atoms with Crippen molar-refractivity contribution in [2.24, 2.45) is 0 Å². The Bertz CT molecular complexity index is 608. The maximum Gasteiger partial charge on any atom is 0.269 e. The van der Waals surface area contributed by atoms with Crippen LogP contribution in [0.4, 0.5) is 5.69 Å². The number of hydrogen-bond donors (Lipinski definition) is 2. The van der Waals surface area contributed by atoms with Crippen LogP contribution in [0.3, 0.4) is 0 Å². The second kappa shape index (κ2) is 6.01. The fraction of sp³-hybridized carbons (Fsp3) is 0.214. The number of rotatable bonds is 5. The Balaban J connectivity index is 2.18. The Morgan fingerprint density at radius 2 is 2.20 bits per heavy atom. The topological polar surface area (TPSA) is 88.0 Å². The molecule has 104 valence electrons. The molecule has 1 amide bonds. The molecule has 0 aliphatic carbocycles. The summed E-state index contributed by atoms with van der Waals surface area (Å²) in [6, 6.07) is 9.48. The lowest BCUT2D eigenvalue weighted by Gasteiger charge is -2.16. The van der Waals surface area contributed by atoms with E-state index in [2.05, 4.69) is 10.3 Å². The van der Waals surface area contributed by atoms with Crippen molar-refractivity contribution >= 4 is 11.6 Å². The van der Waals surface area contributed by atoms with Crippen molar-refractivity contribution in [2.75, 3.05) is 0 Å². The third-order valence-electron chi connectivity index (χ3n) is 3.04. The van der Waals surface area contributed by atoms with Crippen LogP contribution in [0.15, 0.2) is 42.6 Å². The van der Waals surface area contributed by atoms with Crippen molar-refractivity contribution in [1.29, 1.82) is 0 Å². The third-order valence-corrected chi connectivity index (χ3v) is 3.04. The molecule has 0 saturated carbocycles. The third kappa shape index (κ3) is 3.03. The van der Waals surface area contributed by atoms with Gasteiger partial charge in [-0.2, -0.15) is 0 Å².